The Morgan fingerprint density at radius 2 is 1.79 bits per heavy atom. The smallest absolute Gasteiger partial charge is 0.228 e. The second kappa shape index (κ2) is 13.9. The maximum Gasteiger partial charge on any atom is 0.228 e. The number of amides is 1. The van der Waals surface area contributed by atoms with E-state index in [1.807, 2.05) is 17.0 Å². The average molecular weight is 522 g/mol. The lowest BCUT2D eigenvalue weighted by molar-refractivity contribution is -0.118. The molecule has 1 amide bonds. The number of thiazole rings is 1. The summed E-state index contributed by atoms with van der Waals surface area (Å²) in [4.78, 5) is 23.6. The molecule has 0 saturated carbocycles. The van der Waals surface area contributed by atoms with Crippen molar-refractivity contribution in [1.82, 2.24) is 9.88 Å². The Balaban J connectivity index is 0.00000408. The van der Waals surface area contributed by atoms with E-state index in [1.54, 1.807) is 30.2 Å². The van der Waals surface area contributed by atoms with Crippen LogP contribution in [0.1, 0.15) is 37.8 Å². The summed E-state index contributed by atoms with van der Waals surface area (Å²) >= 11 is 3.41. The lowest BCUT2D eigenvalue weighted by atomic mass is 10.1. The molecule has 2 aromatic carbocycles. The van der Waals surface area contributed by atoms with Crippen LogP contribution in [0.5, 0.6) is 5.75 Å². The molecule has 0 saturated heterocycles. The maximum absolute atomic E-state index is 13.3. The predicted molar refractivity (Wildman–Crippen MR) is 149 cm³/mol. The molecule has 1 aromatic heterocycles. The zero-order valence-corrected chi connectivity index (χ0v) is 23.2. The van der Waals surface area contributed by atoms with Gasteiger partial charge in [-0.15, -0.1) is 24.2 Å². The first-order chi connectivity index (χ1) is 15.9. The first kappa shape index (κ1) is 28.4. The van der Waals surface area contributed by atoms with Crippen molar-refractivity contribution in [3.63, 3.8) is 0 Å². The molecule has 0 unspecified atom stereocenters. The number of likely N-dealkylation sites (N-methyl/N-ethyl adjacent to an activating group) is 1. The number of methoxy groups -OCH3 is 1. The number of hydrogen-bond donors (Lipinski definition) is 0. The van der Waals surface area contributed by atoms with E-state index >= 15 is 0 Å². The molecule has 0 bridgehead atoms. The molecule has 0 N–H and O–H groups in total. The lowest BCUT2D eigenvalue weighted by Crippen LogP contribution is -2.38. The number of fused-ring (bicyclic) bond motifs is 1. The van der Waals surface area contributed by atoms with Gasteiger partial charge in [-0.3, -0.25) is 9.69 Å². The van der Waals surface area contributed by atoms with E-state index in [0.717, 1.165) is 48.2 Å². The fourth-order valence-corrected chi connectivity index (χ4v) is 5.72. The summed E-state index contributed by atoms with van der Waals surface area (Å²) in [6.45, 7) is 12.0. The van der Waals surface area contributed by atoms with Crippen molar-refractivity contribution in [2.75, 3.05) is 43.9 Å². The molecule has 3 rings (SSSR count). The first-order valence-corrected chi connectivity index (χ1v) is 13.4. The third-order valence-corrected chi connectivity index (χ3v) is 8.07. The minimum atomic E-state index is 0. The number of anilines is 1. The van der Waals surface area contributed by atoms with Crippen LogP contribution in [-0.2, 0) is 4.79 Å². The monoisotopic (exact) mass is 521 g/mol. The molecule has 3 aromatic rings. The number of hydrogen-bond acceptors (Lipinski definition) is 6. The van der Waals surface area contributed by atoms with Gasteiger partial charge in [-0.05, 0) is 80.6 Å². The molecule has 34 heavy (non-hydrogen) atoms. The second-order valence-electron chi connectivity index (χ2n) is 8.13. The Hall–Kier alpha value is -1.80. The fourth-order valence-electron chi connectivity index (χ4n) is 3.81. The van der Waals surface area contributed by atoms with Crippen LogP contribution in [0.25, 0.3) is 10.2 Å². The van der Waals surface area contributed by atoms with Gasteiger partial charge in [-0.1, -0.05) is 31.3 Å². The van der Waals surface area contributed by atoms with Gasteiger partial charge < -0.3 is 9.64 Å². The van der Waals surface area contributed by atoms with Gasteiger partial charge in [0.15, 0.2) is 5.13 Å². The van der Waals surface area contributed by atoms with Crippen molar-refractivity contribution in [3.05, 3.63) is 47.5 Å². The Morgan fingerprint density at radius 3 is 2.44 bits per heavy atom. The van der Waals surface area contributed by atoms with E-state index < -0.39 is 0 Å². The van der Waals surface area contributed by atoms with E-state index in [2.05, 4.69) is 56.9 Å². The van der Waals surface area contributed by atoms with Crippen molar-refractivity contribution >= 4 is 56.8 Å². The molecule has 0 radical (unpaired) electrons. The van der Waals surface area contributed by atoms with Crippen molar-refractivity contribution in [2.45, 2.75) is 45.4 Å². The van der Waals surface area contributed by atoms with Crippen LogP contribution in [0.4, 0.5) is 5.13 Å². The highest BCUT2D eigenvalue weighted by Gasteiger charge is 2.21. The van der Waals surface area contributed by atoms with Crippen LogP contribution in [-0.4, -0.2) is 54.8 Å². The van der Waals surface area contributed by atoms with Crippen molar-refractivity contribution < 1.29 is 9.53 Å². The minimum absolute atomic E-state index is 0. The van der Waals surface area contributed by atoms with Gasteiger partial charge >= 0.3 is 0 Å². The largest absolute Gasteiger partial charge is 0.497 e. The highest BCUT2D eigenvalue weighted by Crippen LogP contribution is 2.32. The van der Waals surface area contributed by atoms with Gasteiger partial charge in [0.05, 0.1) is 17.3 Å². The van der Waals surface area contributed by atoms with Gasteiger partial charge in [-0.25, -0.2) is 4.98 Å². The number of carbonyl (C=O) groups is 1. The first-order valence-electron chi connectivity index (χ1n) is 11.6. The molecule has 186 valence electrons. The Kier molecular flexibility index (Phi) is 11.6. The van der Waals surface area contributed by atoms with Crippen LogP contribution in [0, 0.1) is 13.8 Å². The lowest BCUT2D eigenvalue weighted by Gasteiger charge is -2.24. The summed E-state index contributed by atoms with van der Waals surface area (Å²) < 4.78 is 6.39. The normalized spacial score (nSPS) is 11.0. The van der Waals surface area contributed by atoms with Crippen molar-refractivity contribution in [2.24, 2.45) is 0 Å². The Bertz CT molecular complexity index is 1050. The zero-order valence-electron chi connectivity index (χ0n) is 20.8. The van der Waals surface area contributed by atoms with Crippen LogP contribution in [0.15, 0.2) is 41.3 Å². The van der Waals surface area contributed by atoms with Gasteiger partial charge in [-0.2, -0.15) is 0 Å². The van der Waals surface area contributed by atoms with Crippen molar-refractivity contribution in [1.29, 1.82) is 0 Å². The molecule has 0 aliphatic rings. The zero-order chi connectivity index (χ0) is 23.8. The number of aromatic nitrogens is 1. The predicted octanol–water partition coefficient (Wildman–Crippen LogP) is 6.59. The molecule has 1 heterocycles. The molecule has 0 fully saturated rings. The minimum Gasteiger partial charge on any atom is -0.497 e. The maximum atomic E-state index is 13.3. The summed E-state index contributed by atoms with van der Waals surface area (Å²) in [7, 11) is 1.67. The number of aryl methyl sites for hydroxylation is 2. The number of rotatable bonds is 12. The number of nitrogens with zero attached hydrogens (tertiary/aromatic N) is 3. The second-order valence-corrected chi connectivity index (χ2v) is 10.3. The van der Waals surface area contributed by atoms with E-state index in [9.17, 15) is 4.79 Å². The van der Waals surface area contributed by atoms with E-state index in [1.165, 1.54) is 20.7 Å². The van der Waals surface area contributed by atoms with Crippen LogP contribution in [0.2, 0.25) is 0 Å². The highest BCUT2D eigenvalue weighted by atomic mass is 35.5. The Morgan fingerprint density at radius 1 is 1.09 bits per heavy atom. The third kappa shape index (κ3) is 7.60. The third-order valence-electron chi connectivity index (χ3n) is 5.74. The Labute approximate surface area is 218 Å². The van der Waals surface area contributed by atoms with E-state index in [0.29, 0.717) is 13.0 Å². The summed E-state index contributed by atoms with van der Waals surface area (Å²) in [6.07, 6.45) is 1.36. The average Bonchev–Trinajstić information content (AvgIpc) is 3.24. The summed E-state index contributed by atoms with van der Waals surface area (Å²) in [5, 5.41) is 0.818. The molecule has 5 nitrogen and oxygen atoms in total. The molecule has 0 atom stereocenters. The van der Waals surface area contributed by atoms with Gasteiger partial charge in [0.2, 0.25) is 5.91 Å². The van der Waals surface area contributed by atoms with Crippen LogP contribution >= 0.6 is 35.5 Å². The topological polar surface area (TPSA) is 45.7 Å². The number of ether oxygens (including phenoxy) is 1. The molecule has 0 spiro atoms. The summed E-state index contributed by atoms with van der Waals surface area (Å²) in [6, 6.07) is 12.4. The van der Waals surface area contributed by atoms with E-state index in [4.69, 9.17) is 9.72 Å². The number of carbonyl (C=O) groups excluding carboxylic acids is 1. The SMILES string of the molecule is CCN(CC)CCN(C(=O)CCCSc1ccc(OC)cc1)c1nc2cc(C)cc(C)c2s1.Cl. The quantitative estimate of drug-likeness (QED) is 0.199. The number of halogens is 1. The number of thioether (sulfide) groups is 1. The van der Waals surface area contributed by atoms with Crippen LogP contribution < -0.4 is 9.64 Å². The number of benzene rings is 2. The molecule has 8 heteroatoms. The summed E-state index contributed by atoms with van der Waals surface area (Å²) in [5.74, 6) is 1.92. The van der Waals surface area contributed by atoms with Crippen molar-refractivity contribution in [3.8, 4) is 5.75 Å². The molecule has 0 aliphatic carbocycles. The van der Waals surface area contributed by atoms with Gasteiger partial charge in [0.25, 0.3) is 0 Å². The molecular formula is C26H36ClN3O2S2. The fraction of sp³-hybridized carbons (Fsp3) is 0.462. The van der Waals surface area contributed by atoms with E-state index in [-0.39, 0.29) is 18.3 Å². The standard InChI is InChI=1S/C26H35N3O2S2.ClH/c1-6-28(7-2)14-15-29(26-27-23-18-19(3)17-20(4)25(23)33-26)24(30)9-8-16-32-22-12-10-21(31-5)11-13-22;/h10-13,17-18H,6-9,14-16H2,1-5H3;1H. The molecule has 0 aliphatic heterocycles. The highest BCUT2D eigenvalue weighted by molar-refractivity contribution is 7.99. The van der Waals surface area contributed by atoms with Gasteiger partial charge in [0.1, 0.15) is 5.75 Å². The van der Waals surface area contributed by atoms with Crippen LogP contribution in [0.3, 0.4) is 0 Å². The summed E-state index contributed by atoms with van der Waals surface area (Å²) in [5.41, 5.74) is 3.41. The van der Waals surface area contributed by atoms with Gasteiger partial charge in [0, 0.05) is 24.4 Å². The molecular weight excluding hydrogens is 486 g/mol.